The van der Waals surface area contributed by atoms with Crippen molar-refractivity contribution >= 4 is 10.0 Å². The van der Waals surface area contributed by atoms with E-state index in [4.69, 9.17) is 5.11 Å². The maximum Gasteiger partial charge on any atom is 0.241 e. The van der Waals surface area contributed by atoms with E-state index >= 15 is 0 Å². The van der Waals surface area contributed by atoms with Gasteiger partial charge in [0.25, 0.3) is 0 Å². The Bertz CT molecular complexity index is 655. The molecule has 1 aromatic carbocycles. The lowest BCUT2D eigenvalue weighted by atomic mass is 10.2. The number of hydrogen-bond donors (Lipinski definition) is 2. The van der Waals surface area contributed by atoms with E-state index in [2.05, 4.69) is 9.71 Å². The molecule has 0 spiro atoms. The first-order valence-electron chi connectivity index (χ1n) is 6.16. The van der Waals surface area contributed by atoms with Gasteiger partial charge in [0.2, 0.25) is 10.0 Å². The average molecular weight is 292 g/mol. The molecule has 5 nitrogen and oxygen atoms in total. The molecule has 1 heterocycles. The highest BCUT2D eigenvalue weighted by Gasteiger charge is 2.18. The quantitative estimate of drug-likeness (QED) is 0.877. The van der Waals surface area contributed by atoms with E-state index in [0.29, 0.717) is 11.3 Å². The van der Waals surface area contributed by atoms with E-state index in [9.17, 15) is 8.42 Å². The molecule has 2 aromatic rings. The van der Waals surface area contributed by atoms with Crippen LogP contribution in [0, 0.1) is 0 Å². The molecule has 0 bridgehead atoms. The predicted octanol–water partition coefficient (Wildman–Crippen LogP) is 1.61. The molecule has 0 aliphatic heterocycles. The summed E-state index contributed by atoms with van der Waals surface area (Å²) >= 11 is 0. The van der Waals surface area contributed by atoms with Crippen LogP contribution in [0.5, 0.6) is 0 Å². The zero-order valence-electron chi connectivity index (χ0n) is 11.0. The molecule has 0 aliphatic carbocycles. The standard InChI is InChI=1S/C14H16N2O3S/c1-11(14-4-2-3-9-15-14)16-20(18,19)13-7-5-12(10-17)6-8-13/h2-9,11,16-17H,10H2,1H3. The Balaban J connectivity index is 2.18. The first kappa shape index (κ1) is 14.6. The maximum absolute atomic E-state index is 12.2. The first-order valence-corrected chi connectivity index (χ1v) is 7.64. The summed E-state index contributed by atoms with van der Waals surface area (Å²) in [6, 6.07) is 11.0. The molecule has 0 aliphatic rings. The number of aliphatic hydroxyl groups excluding tert-OH is 1. The molecule has 0 saturated carbocycles. The van der Waals surface area contributed by atoms with Crippen molar-refractivity contribution in [3.63, 3.8) is 0 Å². The second-order valence-corrected chi connectivity index (χ2v) is 6.11. The van der Waals surface area contributed by atoms with Gasteiger partial charge in [0, 0.05) is 6.20 Å². The van der Waals surface area contributed by atoms with Crippen LogP contribution in [0.3, 0.4) is 0 Å². The minimum atomic E-state index is -3.60. The number of aromatic nitrogens is 1. The molecule has 1 unspecified atom stereocenters. The third kappa shape index (κ3) is 3.41. The summed E-state index contributed by atoms with van der Waals surface area (Å²) in [5, 5.41) is 8.95. The molecule has 1 aromatic heterocycles. The smallest absolute Gasteiger partial charge is 0.241 e. The van der Waals surface area contributed by atoms with Crippen molar-refractivity contribution in [3.8, 4) is 0 Å². The summed E-state index contributed by atoms with van der Waals surface area (Å²) < 4.78 is 27.0. The highest BCUT2D eigenvalue weighted by molar-refractivity contribution is 7.89. The zero-order valence-corrected chi connectivity index (χ0v) is 11.8. The fraction of sp³-hybridized carbons (Fsp3) is 0.214. The highest BCUT2D eigenvalue weighted by Crippen LogP contribution is 2.15. The normalized spacial score (nSPS) is 13.1. The van der Waals surface area contributed by atoms with Gasteiger partial charge in [0.15, 0.2) is 0 Å². The Labute approximate surface area is 118 Å². The number of nitrogens with one attached hydrogen (secondary N) is 1. The molecule has 6 heteroatoms. The number of rotatable bonds is 5. The SMILES string of the molecule is CC(NS(=O)(=O)c1ccc(CO)cc1)c1ccccn1. The van der Waals surface area contributed by atoms with Crippen LogP contribution >= 0.6 is 0 Å². The van der Waals surface area contributed by atoms with Crippen LogP contribution in [-0.2, 0) is 16.6 Å². The summed E-state index contributed by atoms with van der Waals surface area (Å²) in [5.41, 5.74) is 1.32. The molecule has 1 atom stereocenters. The van der Waals surface area contributed by atoms with E-state index in [0.717, 1.165) is 0 Å². The molecule has 0 saturated heterocycles. The van der Waals surface area contributed by atoms with Gasteiger partial charge in [-0.1, -0.05) is 18.2 Å². The Morgan fingerprint density at radius 2 is 1.90 bits per heavy atom. The van der Waals surface area contributed by atoms with Crippen LogP contribution in [0.15, 0.2) is 53.6 Å². The summed E-state index contributed by atoms with van der Waals surface area (Å²) in [5.74, 6) is 0. The van der Waals surface area contributed by atoms with Crippen LogP contribution in [0.2, 0.25) is 0 Å². The van der Waals surface area contributed by atoms with Crippen molar-refractivity contribution in [1.29, 1.82) is 0 Å². The number of nitrogens with zero attached hydrogens (tertiary/aromatic N) is 1. The summed E-state index contributed by atoms with van der Waals surface area (Å²) in [4.78, 5) is 4.29. The van der Waals surface area contributed by atoms with Crippen molar-refractivity contribution in [1.82, 2.24) is 9.71 Å². The van der Waals surface area contributed by atoms with Crippen molar-refractivity contribution in [3.05, 3.63) is 59.9 Å². The van der Waals surface area contributed by atoms with Crippen LogP contribution in [-0.4, -0.2) is 18.5 Å². The molecule has 0 fully saturated rings. The van der Waals surface area contributed by atoms with E-state index in [1.165, 1.54) is 12.1 Å². The second kappa shape index (κ2) is 6.13. The van der Waals surface area contributed by atoms with Crippen molar-refractivity contribution < 1.29 is 13.5 Å². The summed E-state index contributed by atoms with van der Waals surface area (Å²) in [6.07, 6.45) is 1.62. The van der Waals surface area contributed by atoms with E-state index < -0.39 is 16.1 Å². The Morgan fingerprint density at radius 1 is 1.20 bits per heavy atom. The predicted molar refractivity (Wildman–Crippen MR) is 75.3 cm³/mol. The number of benzene rings is 1. The van der Waals surface area contributed by atoms with Crippen LogP contribution in [0.1, 0.15) is 24.2 Å². The number of pyridine rings is 1. The van der Waals surface area contributed by atoms with Crippen molar-refractivity contribution in [2.75, 3.05) is 0 Å². The maximum atomic E-state index is 12.2. The number of aliphatic hydroxyl groups is 1. The number of sulfonamides is 1. The molecule has 106 valence electrons. The first-order chi connectivity index (χ1) is 9.53. The molecular weight excluding hydrogens is 276 g/mol. The van der Waals surface area contributed by atoms with Gasteiger partial charge in [-0.15, -0.1) is 0 Å². The fourth-order valence-corrected chi connectivity index (χ4v) is 2.98. The minimum absolute atomic E-state index is 0.113. The highest BCUT2D eigenvalue weighted by atomic mass is 32.2. The molecule has 20 heavy (non-hydrogen) atoms. The summed E-state index contributed by atoms with van der Waals surface area (Å²) in [7, 11) is -3.60. The van der Waals surface area contributed by atoms with Gasteiger partial charge in [-0.3, -0.25) is 4.98 Å². The van der Waals surface area contributed by atoms with E-state index in [-0.39, 0.29) is 11.5 Å². The van der Waals surface area contributed by atoms with E-state index in [1.54, 1.807) is 37.4 Å². The van der Waals surface area contributed by atoms with Gasteiger partial charge in [-0.05, 0) is 36.8 Å². The van der Waals surface area contributed by atoms with E-state index in [1.807, 2.05) is 6.07 Å². The van der Waals surface area contributed by atoms with Crippen LogP contribution < -0.4 is 4.72 Å². The van der Waals surface area contributed by atoms with Crippen molar-refractivity contribution in [2.24, 2.45) is 0 Å². The van der Waals surface area contributed by atoms with Gasteiger partial charge in [-0.25, -0.2) is 13.1 Å². The lowest BCUT2D eigenvalue weighted by Gasteiger charge is -2.13. The summed E-state index contributed by atoms with van der Waals surface area (Å²) in [6.45, 7) is 1.63. The monoisotopic (exact) mass is 292 g/mol. The topological polar surface area (TPSA) is 79.3 Å². The molecular formula is C14H16N2O3S. The third-order valence-electron chi connectivity index (χ3n) is 2.88. The van der Waals surface area contributed by atoms with Gasteiger partial charge in [0.05, 0.1) is 23.2 Å². The lowest BCUT2D eigenvalue weighted by molar-refractivity contribution is 0.282. The van der Waals surface area contributed by atoms with Gasteiger partial charge < -0.3 is 5.11 Å². The zero-order chi connectivity index (χ0) is 14.6. The van der Waals surface area contributed by atoms with Gasteiger partial charge in [0.1, 0.15) is 0 Å². The average Bonchev–Trinajstić information content (AvgIpc) is 2.48. The number of hydrogen-bond acceptors (Lipinski definition) is 4. The molecule has 0 radical (unpaired) electrons. The molecule has 0 amide bonds. The van der Waals surface area contributed by atoms with Gasteiger partial charge in [-0.2, -0.15) is 0 Å². The Morgan fingerprint density at radius 3 is 2.45 bits per heavy atom. The fourth-order valence-electron chi connectivity index (χ4n) is 1.77. The minimum Gasteiger partial charge on any atom is -0.392 e. The van der Waals surface area contributed by atoms with Crippen molar-refractivity contribution in [2.45, 2.75) is 24.5 Å². The molecule has 2 N–H and O–H groups in total. The largest absolute Gasteiger partial charge is 0.392 e. The Hall–Kier alpha value is -1.76. The Kier molecular flexibility index (Phi) is 4.49. The van der Waals surface area contributed by atoms with Crippen LogP contribution in [0.4, 0.5) is 0 Å². The third-order valence-corrected chi connectivity index (χ3v) is 4.44. The second-order valence-electron chi connectivity index (χ2n) is 4.40. The molecule has 2 rings (SSSR count). The van der Waals surface area contributed by atoms with Crippen LogP contribution in [0.25, 0.3) is 0 Å². The lowest BCUT2D eigenvalue weighted by Crippen LogP contribution is -2.27. The van der Waals surface area contributed by atoms with Gasteiger partial charge >= 0.3 is 0 Å².